The molecule has 1 amide bonds. The molecule has 2 heterocycles. The van der Waals surface area contributed by atoms with Crippen LogP contribution in [0.2, 0.25) is 5.02 Å². The van der Waals surface area contributed by atoms with Crippen molar-refractivity contribution in [2.75, 3.05) is 7.05 Å². The summed E-state index contributed by atoms with van der Waals surface area (Å²) in [6.45, 7) is 1.93. The fraction of sp³-hybridized carbons (Fsp3) is 0.235. The lowest BCUT2D eigenvalue weighted by atomic mass is 10.1. The Hall–Kier alpha value is -2.60. The summed E-state index contributed by atoms with van der Waals surface area (Å²) in [6, 6.07) is 11.6. The fourth-order valence-electron chi connectivity index (χ4n) is 2.51. The van der Waals surface area contributed by atoms with Crippen molar-refractivity contribution in [3.05, 3.63) is 59.0 Å². The number of aryl methyl sites for hydroxylation is 1. The van der Waals surface area contributed by atoms with Gasteiger partial charge in [-0.1, -0.05) is 41.9 Å². The Bertz CT molecular complexity index is 836. The maximum absolute atomic E-state index is 12.7. The molecular weight excluding hydrogens is 326 g/mol. The molecular formula is C17H18ClN5O. The van der Waals surface area contributed by atoms with Gasteiger partial charge in [0.05, 0.1) is 28.6 Å². The maximum atomic E-state index is 12.7. The first kappa shape index (κ1) is 16.3. The molecule has 0 saturated heterocycles. The van der Waals surface area contributed by atoms with Gasteiger partial charge in [-0.3, -0.25) is 14.6 Å². The molecule has 7 heteroatoms. The summed E-state index contributed by atoms with van der Waals surface area (Å²) in [5.41, 5.74) is 3.09. The van der Waals surface area contributed by atoms with Crippen LogP contribution in [-0.4, -0.2) is 37.8 Å². The van der Waals surface area contributed by atoms with Gasteiger partial charge in [0, 0.05) is 19.7 Å². The van der Waals surface area contributed by atoms with Gasteiger partial charge in [-0.2, -0.15) is 10.2 Å². The zero-order chi connectivity index (χ0) is 17.3. The van der Waals surface area contributed by atoms with Gasteiger partial charge in [0.1, 0.15) is 5.69 Å². The van der Waals surface area contributed by atoms with Crippen LogP contribution in [0.25, 0.3) is 11.3 Å². The molecule has 0 aliphatic carbocycles. The van der Waals surface area contributed by atoms with E-state index in [2.05, 4.69) is 15.3 Å². The second-order valence-electron chi connectivity index (χ2n) is 5.63. The molecule has 2 aromatic heterocycles. The lowest BCUT2D eigenvalue weighted by molar-refractivity contribution is 0.0729. The number of H-pyrrole nitrogens is 1. The van der Waals surface area contributed by atoms with Gasteiger partial charge < -0.3 is 4.90 Å². The van der Waals surface area contributed by atoms with Gasteiger partial charge in [-0.05, 0) is 13.0 Å². The Morgan fingerprint density at radius 2 is 2.04 bits per heavy atom. The molecule has 3 rings (SSSR count). The van der Waals surface area contributed by atoms with Crippen LogP contribution in [0.15, 0.2) is 42.6 Å². The molecule has 1 N–H and O–H groups in total. The lowest BCUT2D eigenvalue weighted by Gasteiger charge is -2.24. The minimum absolute atomic E-state index is 0.187. The van der Waals surface area contributed by atoms with Crippen LogP contribution in [-0.2, 0) is 7.05 Å². The number of nitrogens with one attached hydrogen (secondary N) is 1. The standard InChI is InChI=1S/C17H18ClN5O/c1-11(22(2)17(24)16-13(18)10-19-23(16)3)14-9-15(21-20-14)12-7-5-4-6-8-12/h4-11H,1-3H3,(H,20,21)/t11-/m0/s1. The first-order chi connectivity index (χ1) is 11.5. The summed E-state index contributed by atoms with van der Waals surface area (Å²) >= 11 is 6.07. The highest BCUT2D eigenvalue weighted by Crippen LogP contribution is 2.25. The molecule has 0 spiro atoms. The fourth-order valence-corrected chi connectivity index (χ4v) is 2.76. The van der Waals surface area contributed by atoms with Crippen molar-refractivity contribution < 1.29 is 4.79 Å². The molecule has 0 saturated carbocycles. The SMILES string of the molecule is C[C@@H](c1cc(-c2ccccc2)n[nH]1)N(C)C(=O)c1c(Cl)cnn1C. The van der Waals surface area contributed by atoms with E-state index < -0.39 is 0 Å². The molecule has 0 unspecified atom stereocenters. The number of amides is 1. The van der Waals surface area contributed by atoms with Gasteiger partial charge in [-0.15, -0.1) is 0 Å². The average Bonchev–Trinajstić information content (AvgIpc) is 3.21. The Morgan fingerprint density at radius 3 is 2.67 bits per heavy atom. The van der Waals surface area contributed by atoms with Crippen molar-refractivity contribution in [1.82, 2.24) is 24.9 Å². The first-order valence-corrected chi connectivity index (χ1v) is 7.92. The zero-order valence-electron chi connectivity index (χ0n) is 13.7. The third-order valence-electron chi connectivity index (χ3n) is 4.12. The summed E-state index contributed by atoms with van der Waals surface area (Å²) in [5.74, 6) is -0.191. The van der Waals surface area contributed by atoms with Gasteiger partial charge >= 0.3 is 0 Å². The predicted octanol–water partition coefficient (Wildman–Crippen LogP) is 3.30. The molecule has 1 aromatic carbocycles. The van der Waals surface area contributed by atoms with Crippen molar-refractivity contribution in [3.63, 3.8) is 0 Å². The molecule has 0 bridgehead atoms. The molecule has 0 aliphatic rings. The largest absolute Gasteiger partial charge is 0.332 e. The van der Waals surface area contributed by atoms with E-state index in [4.69, 9.17) is 11.6 Å². The van der Waals surface area contributed by atoms with Crippen molar-refractivity contribution in [1.29, 1.82) is 0 Å². The van der Waals surface area contributed by atoms with E-state index in [0.29, 0.717) is 10.7 Å². The van der Waals surface area contributed by atoms with Crippen LogP contribution >= 0.6 is 11.6 Å². The van der Waals surface area contributed by atoms with Gasteiger partial charge in [0.2, 0.25) is 0 Å². The van der Waals surface area contributed by atoms with E-state index in [0.717, 1.165) is 17.0 Å². The molecule has 24 heavy (non-hydrogen) atoms. The summed E-state index contributed by atoms with van der Waals surface area (Å²) in [4.78, 5) is 14.3. The Labute approximate surface area is 145 Å². The molecule has 3 aromatic rings. The van der Waals surface area contributed by atoms with E-state index in [-0.39, 0.29) is 11.9 Å². The molecule has 1 atom stereocenters. The summed E-state index contributed by atoms with van der Waals surface area (Å²) in [5, 5.41) is 11.7. The zero-order valence-corrected chi connectivity index (χ0v) is 14.4. The van der Waals surface area contributed by atoms with Gasteiger partial charge in [0.15, 0.2) is 0 Å². The van der Waals surface area contributed by atoms with Crippen LogP contribution in [0, 0.1) is 0 Å². The number of hydrogen-bond acceptors (Lipinski definition) is 3. The number of nitrogens with zero attached hydrogens (tertiary/aromatic N) is 4. The quantitative estimate of drug-likeness (QED) is 0.790. The first-order valence-electron chi connectivity index (χ1n) is 7.54. The molecule has 0 aliphatic heterocycles. The van der Waals surface area contributed by atoms with Crippen molar-refractivity contribution >= 4 is 17.5 Å². The number of aromatic amines is 1. The van der Waals surface area contributed by atoms with E-state index in [1.54, 1.807) is 19.0 Å². The summed E-state index contributed by atoms with van der Waals surface area (Å²) < 4.78 is 1.48. The lowest BCUT2D eigenvalue weighted by Crippen LogP contribution is -2.31. The molecule has 0 fully saturated rings. The highest BCUT2D eigenvalue weighted by atomic mass is 35.5. The van der Waals surface area contributed by atoms with Crippen LogP contribution in [0.5, 0.6) is 0 Å². The van der Waals surface area contributed by atoms with Crippen LogP contribution < -0.4 is 0 Å². The number of aromatic nitrogens is 4. The normalized spacial score (nSPS) is 12.2. The number of carbonyl (C=O) groups is 1. The Morgan fingerprint density at radius 1 is 1.33 bits per heavy atom. The van der Waals surface area contributed by atoms with Crippen LogP contribution in [0.1, 0.15) is 29.1 Å². The van der Waals surface area contributed by atoms with Crippen molar-refractivity contribution in [3.8, 4) is 11.3 Å². The summed E-state index contributed by atoms with van der Waals surface area (Å²) in [6.07, 6.45) is 1.47. The van der Waals surface area contributed by atoms with Crippen molar-refractivity contribution in [2.24, 2.45) is 7.05 Å². The van der Waals surface area contributed by atoms with Crippen molar-refractivity contribution in [2.45, 2.75) is 13.0 Å². The number of rotatable bonds is 4. The molecule has 0 radical (unpaired) electrons. The van der Waals surface area contributed by atoms with E-state index in [1.165, 1.54) is 10.9 Å². The summed E-state index contributed by atoms with van der Waals surface area (Å²) in [7, 11) is 3.43. The third kappa shape index (κ3) is 2.92. The number of hydrogen-bond donors (Lipinski definition) is 1. The van der Waals surface area contributed by atoms with Gasteiger partial charge in [-0.25, -0.2) is 0 Å². The molecule has 124 valence electrons. The third-order valence-corrected chi connectivity index (χ3v) is 4.39. The van der Waals surface area contributed by atoms with Crippen LogP contribution in [0.3, 0.4) is 0 Å². The smallest absolute Gasteiger partial charge is 0.273 e. The topological polar surface area (TPSA) is 66.8 Å². The van der Waals surface area contributed by atoms with E-state index in [1.807, 2.05) is 43.3 Å². The number of carbonyl (C=O) groups excluding carboxylic acids is 1. The molecule has 6 nitrogen and oxygen atoms in total. The maximum Gasteiger partial charge on any atom is 0.273 e. The minimum atomic E-state index is -0.191. The second kappa shape index (κ2) is 6.49. The highest BCUT2D eigenvalue weighted by Gasteiger charge is 2.25. The van der Waals surface area contributed by atoms with E-state index in [9.17, 15) is 4.79 Å². The predicted molar refractivity (Wildman–Crippen MR) is 92.8 cm³/mol. The number of benzene rings is 1. The second-order valence-corrected chi connectivity index (χ2v) is 6.04. The van der Waals surface area contributed by atoms with Crippen LogP contribution in [0.4, 0.5) is 0 Å². The Balaban J connectivity index is 1.83. The van der Waals surface area contributed by atoms with E-state index >= 15 is 0 Å². The monoisotopic (exact) mass is 343 g/mol. The van der Waals surface area contributed by atoms with Gasteiger partial charge in [0.25, 0.3) is 5.91 Å². The Kier molecular flexibility index (Phi) is 4.40. The number of halogens is 1. The average molecular weight is 344 g/mol. The highest BCUT2D eigenvalue weighted by molar-refractivity contribution is 6.33. The minimum Gasteiger partial charge on any atom is -0.332 e.